The van der Waals surface area contributed by atoms with E-state index in [-0.39, 0.29) is 11.7 Å². The van der Waals surface area contributed by atoms with Crippen molar-refractivity contribution in [3.05, 3.63) is 76.7 Å². The summed E-state index contributed by atoms with van der Waals surface area (Å²) in [6, 6.07) is 13.7. The topological polar surface area (TPSA) is 48.3 Å². The van der Waals surface area contributed by atoms with Gasteiger partial charge in [0.15, 0.2) is 0 Å². The maximum atomic E-state index is 13.4. The summed E-state index contributed by atoms with van der Waals surface area (Å²) in [7, 11) is 0. The highest BCUT2D eigenvalue weighted by molar-refractivity contribution is 6.01. The molecule has 0 aliphatic heterocycles. The Hall–Kier alpha value is -3.21. The van der Waals surface area contributed by atoms with Crippen molar-refractivity contribution in [3.63, 3.8) is 0 Å². The average molecular weight is 391 g/mol. The molecule has 1 aliphatic carbocycles. The predicted molar refractivity (Wildman–Crippen MR) is 110 cm³/mol. The largest absolute Gasteiger partial charge is 0.443 e. The van der Waals surface area contributed by atoms with E-state index in [1.807, 2.05) is 51.1 Å². The predicted octanol–water partition coefficient (Wildman–Crippen LogP) is 5.49. The Morgan fingerprint density at radius 2 is 1.83 bits per heavy atom. The molecule has 0 saturated carbocycles. The van der Waals surface area contributed by atoms with E-state index >= 15 is 0 Å². The number of carbonyl (C=O) groups is 2. The second-order valence-electron chi connectivity index (χ2n) is 8.26. The number of para-hydroxylation sites is 1. The first-order valence-electron chi connectivity index (χ1n) is 9.56. The molecule has 3 aromatic rings. The highest BCUT2D eigenvalue weighted by Crippen LogP contribution is 2.40. The lowest BCUT2D eigenvalue weighted by Gasteiger charge is -2.25. The molecule has 29 heavy (non-hydrogen) atoms. The molecular weight excluding hydrogens is 369 g/mol. The van der Waals surface area contributed by atoms with E-state index < -0.39 is 11.7 Å². The van der Waals surface area contributed by atoms with Crippen LogP contribution in [0.2, 0.25) is 0 Å². The Morgan fingerprint density at radius 1 is 1.14 bits per heavy atom. The number of benzene rings is 2. The summed E-state index contributed by atoms with van der Waals surface area (Å²) in [5.41, 5.74) is 3.19. The SMILES string of the molecule is CC(C)(C)OC(=O)n1c2c(c3ccccc31)C=C(C=O)[C@@H](c1ccc(F)cc1)C2. The van der Waals surface area contributed by atoms with Crippen LogP contribution >= 0.6 is 0 Å². The quantitative estimate of drug-likeness (QED) is 0.543. The summed E-state index contributed by atoms with van der Waals surface area (Å²) < 4.78 is 20.6. The molecule has 0 N–H and O–H groups in total. The summed E-state index contributed by atoms with van der Waals surface area (Å²) in [4.78, 5) is 24.9. The van der Waals surface area contributed by atoms with Gasteiger partial charge in [0.1, 0.15) is 17.7 Å². The van der Waals surface area contributed by atoms with Gasteiger partial charge in [-0.25, -0.2) is 13.8 Å². The van der Waals surface area contributed by atoms with Gasteiger partial charge in [-0.05, 0) is 57.0 Å². The second-order valence-corrected chi connectivity index (χ2v) is 8.26. The van der Waals surface area contributed by atoms with E-state index in [1.165, 1.54) is 12.1 Å². The van der Waals surface area contributed by atoms with Crippen LogP contribution in [0.3, 0.4) is 0 Å². The first-order valence-corrected chi connectivity index (χ1v) is 9.56. The Morgan fingerprint density at radius 3 is 2.48 bits per heavy atom. The molecule has 0 bridgehead atoms. The molecule has 1 heterocycles. The molecule has 0 fully saturated rings. The van der Waals surface area contributed by atoms with Crippen molar-refractivity contribution in [2.24, 2.45) is 0 Å². The zero-order valence-electron chi connectivity index (χ0n) is 16.6. The monoisotopic (exact) mass is 391 g/mol. The van der Waals surface area contributed by atoms with E-state index in [0.717, 1.165) is 34.0 Å². The van der Waals surface area contributed by atoms with Crippen LogP contribution in [0.25, 0.3) is 17.0 Å². The van der Waals surface area contributed by atoms with Crippen molar-refractivity contribution in [3.8, 4) is 0 Å². The number of hydrogen-bond acceptors (Lipinski definition) is 3. The van der Waals surface area contributed by atoms with Crippen molar-refractivity contribution in [2.75, 3.05) is 0 Å². The minimum atomic E-state index is -0.635. The zero-order chi connectivity index (χ0) is 20.8. The van der Waals surface area contributed by atoms with Crippen LogP contribution in [-0.4, -0.2) is 22.5 Å². The Balaban J connectivity index is 1.90. The first-order chi connectivity index (χ1) is 13.8. The molecule has 5 heteroatoms. The molecule has 1 aromatic heterocycles. The van der Waals surface area contributed by atoms with Crippen LogP contribution in [0.5, 0.6) is 0 Å². The van der Waals surface area contributed by atoms with Crippen molar-refractivity contribution >= 4 is 29.4 Å². The van der Waals surface area contributed by atoms with Gasteiger partial charge in [0.25, 0.3) is 0 Å². The van der Waals surface area contributed by atoms with E-state index in [4.69, 9.17) is 4.74 Å². The number of rotatable bonds is 2. The molecule has 2 aromatic carbocycles. The molecule has 0 unspecified atom stereocenters. The van der Waals surface area contributed by atoms with Crippen LogP contribution in [0.1, 0.15) is 43.5 Å². The summed E-state index contributed by atoms with van der Waals surface area (Å²) >= 11 is 0. The third kappa shape index (κ3) is 3.48. The van der Waals surface area contributed by atoms with E-state index in [9.17, 15) is 14.0 Å². The van der Waals surface area contributed by atoms with Gasteiger partial charge in [0, 0.05) is 28.1 Å². The highest BCUT2D eigenvalue weighted by atomic mass is 19.1. The standard InChI is InChI=1S/C24H22FNO3/c1-24(2,3)29-23(28)26-21-7-5-4-6-18(21)20-12-16(14-27)19(13-22(20)26)15-8-10-17(25)11-9-15/h4-12,14,19H,13H2,1-3H3/t19-/m1/s1. The van der Waals surface area contributed by atoms with Crippen molar-refractivity contribution in [1.29, 1.82) is 0 Å². The highest BCUT2D eigenvalue weighted by Gasteiger charge is 2.31. The number of fused-ring (bicyclic) bond motifs is 3. The lowest BCUT2D eigenvalue weighted by molar-refractivity contribution is -0.105. The zero-order valence-corrected chi connectivity index (χ0v) is 16.6. The summed E-state index contributed by atoms with van der Waals surface area (Å²) in [6.45, 7) is 5.48. The third-order valence-corrected chi connectivity index (χ3v) is 5.11. The average Bonchev–Trinajstić information content (AvgIpc) is 3.00. The van der Waals surface area contributed by atoms with Crippen LogP contribution < -0.4 is 0 Å². The van der Waals surface area contributed by atoms with Crippen LogP contribution in [-0.2, 0) is 16.0 Å². The Bertz CT molecular complexity index is 1130. The maximum Gasteiger partial charge on any atom is 0.419 e. The number of halogens is 1. The van der Waals surface area contributed by atoms with Gasteiger partial charge in [0.05, 0.1) is 5.52 Å². The molecule has 0 saturated heterocycles. The number of aldehydes is 1. The van der Waals surface area contributed by atoms with Crippen molar-refractivity contribution in [2.45, 2.75) is 38.7 Å². The van der Waals surface area contributed by atoms with E-state index in [2.05, 4.69) is 0 Å². The van der Waals surface area contributed by atoms with Crippen LogP contribution in [0.4, 0.5) is 9.18 Å². The number of aromatic nitrogens is 1. The number of allylic oxidation sites excluding steroid dienone is 1. The van der Waals surface area contributed by atoms with Gasteiger partial charge in [-0.3, -0.25) is 4.79 Å². The molecule has 0 radical (unpaired) electrons. The Kier molecular flexibility index (Phi) is 4.61. The maximum absolute atomic E-state index is 13.4. The lowest BCUT2D eigenvalue weighted by Crippen LogP contribution is -2.29. The first kappa shape index (κ1) is 19.1. The van der Waals surface area contributed by atoms with Gasteiger partial charge >= 0.3 is 6.09 Å². The van der Waals surface area contributed by atoms with Gasteiger partial charge in [-0.2, -0.15) is 0 Å². The molecule has 1 aliphatic rings. The van der Waals surface area contributed by atoms with Gasteiger partial charge in [-0.15, -0.1) is 0 Å². The molecule has 0 amide bonds. The molecule has 1 atom stereocenters. The number of ether oxygens (including phenoxy) is 1. The van der Waals surface area contributed by atoms with Crippen molar-refractivity contribution in [1.82, 2.24) is 4.57 Å². The van der Waals surface area contributed by atoms with Gasteiger partial charge in [0.2, 0.25) is 0 Å². The third-order valence-electron chi connectivity index (χ3n) is 5.11. The van der Waals surface area contributed by atoms with E-state index in [1.54, 1.807) is 16.7 Å². The fourth-order valence-electron chi connectivity index (χ4n) is 3.90. The van der Waals surface area contributed by atoms with E-state index in [0.29, 0.717) is 12.0 Å². The van der Waals surface area contributed by atoms with Gasteiger partial charge < -0.3 is 4.74 Å². The fourth-order valence-corrected chi connectivity index (χ4v) is 3.90. The second kappa shape index (κ2) is 6.99. The number of nitrogens with zero attached hydrogens (tertiary/aromatic N) is 1. The van der Waals surface area contributed by atoms with Crippen LogP contribution in [0, 0.1) is 5.82 Å². The summed E-state index contributed by atoms with van der Waals surface area (Å²) in [6.07, 6.45) is 2.68. The number of hydrogen-bond donors (Lipinski definition) is 0. The summed E-state index contributed by atoms with van der Waals surface area (Å²) in [5.74, 6) is -0.587. The van der Waals surface area contributed by atoms with Gasteiger partial charge in [-0.1, -0.05) is 30.3 Å². The minimum Gasteiger partial charge on any atom is -0.443 e. The summed E-state index contributed by atoms with van der Waals surface area (Å²) in [5, 5.41) is 0.894. The van der Waals surface area contributed by atoms with Crippen LogP contribution in [0.15, 0.2) is 54.1 Å². The molecule has 4 rings (SSSR count). The molecular formula is C24H22FNO3. The number of carbonyl (C=O) groups excluding carboxylic acids is 2. The normalized spacial score (nSPS) is 16.3. The minimum absolute atomic E-state index is 0.258. The fraction of sp³-hybridized carbons (Fsp3) is 0.250. The van der Waals surface area contributed by atoms with Crippen molar-refractivity contribution < 1.29 is 18.7 Å². The smallest absolute Gasteiger partial charge is 0.419 e. The Labute approximate surface area is 168 Å². The lowest BCUT2D eigenvalue weighted by atomic mass is 9.82. The molecule has 148 valence electrons. The molecule has 4 nitrogen and oxygen atoms in total. The molecule has 0 spiro atoms.